The number of rotatable bonds is 6. The molecule has 2 aliphatic rings. The first-order valence-corrected chi connectivity index (χ1v) is 11.2. The highest BCUT2D eigenvalue weighted by Crippen LogP contribution is 2.40. The highest BCUT2D eigenvalue weighted by atomic mass is 16.3. The Labute approximate surface area is 176 Å². The van der Waals surface area contributed by atoms with E-state index < -0.39 is 23.3 Å². The molecule has 0 radical (unpaired) electrons. The van der Waals surface area contributed by atoms with Gasteiger partial charge in [-0.25, -0.2) is 0 Å². The third kappa shape index (κ3) is 5.94. The first kappa shape index (κ1) is 24.1. The zero-order chi connectivity index (χ0) is 22.1. The SMILES string of the molecule is CC(C)(C)[C@@H](NC(=O)CC(=O)N[C@H](C(C)(C)C)C1(O)CCCC1)C1(O)CCCC1. The Morgan fingerprint density at radius 2 is 1.00 bits per heavy atom. The fourth-order valence-electron chi connectivity index (χ4n) is 5.44. The summed E-state index contributed by atoms with van der Waals surface area (Å²) in [5.74, 6) is -0.761. The molecule has 0 aromatic rings. The second-order valence-corrected chi connectivity index (χ2v) is 11.5. The zero-order valence-electron chi connectivity index (χ0n) is 19.2. The Hall–Kier alpha value is -1.14. The van der Waals surface area contributed by atoms with Gasteiger partial charge in [0.05, 0.1) is 23.3 Å². The van der Waals surface area contributed by atoms with E-state index in [4.69, 9.17) is 0 Å². The molecule has 2 fully saturated rings. The number of nitrogens with one attached hydrogen (secondary N) is 2. The smallest absolute Gasteiger partial charge is 0.229 e. The van der Waals surface area contributed by atoms with Crippen LogP contribution in [0.2, 0.25) is 0 Å². The molecule has 0 aromatic heterocycles. The van der Waals surface area contributed by atoms with E-state index >= 15 is 0 Å². The van der Waals surface area contributed by atoms with Gasteiger partial charge in [0.25, 0.3) is 0 Å². The standard InChI is InChI=1S/C23H42N2O4/c1-20(2,3)18(22(28)11-7-8-12-22)24-16(26)15-17(27)25-19(21(4,5)6)23(29)13-9-10-14-23/h18-19,28-29H,7-15H2,1-6H3,(H,24,26)(H,25,27)/t18-,19-/m1/s1. The second-order valence-electron chi connectivity index (χ2n) is 11.5. The Kier molecular flexibility index (Phi) is 7.11. The summed E-state index contributed by atoms with van der Waals surface area (Å²) in [7, 11) is 0. The Morgan fingerprint density at radius 3 is 1.24 bits per heavy atom. The Bertz CT molecular complexity index is 539. The van der Waals surface area contributed by atoms with Crippen LogP contribution in [0.3, 0.4) is 0 Å². The van der Waals surface area contributed by atoms with Gasteiger partial charge in [-0.15, -0.1) is 0 Å². The van der Waals surface area contributed by atoms with E-state index in [1.54, 1.807) is 0 Å². The third-order valence-electron chi connectivity index (χ3n) is 6.68. The topological polar surface area (TPSA) is 98.7 Å². The van der Waals surface area contributed by atoms with Crippen molar-refractivity contribution in [2.45, 2.75) is 123 Å². The quantitative estimate of drug-likeness (QED) is 0.506. The molecule has 29 heavy (non-hydrogen) atoms. The fraction of sp³-hybridized carbons (Fsp3) is 0.913. The van der Waals surface area contributed by atoms with Crippen molar-refractivity contribution >= 4 is 11.8 Å². The molecular weight excluding hydrogens is 368 g/mol. The summed E-state index contributed by atoms with van der Waals surface area (Å²) in [6.07, 6.45) is 6.17. The molecule has 4 N–H and O–H groups in total. The van der Waals surface area contributed by atoms with Crippen molar-refractivity contribution in [2.24, 2.45) is 10.8 Å². The average Bonchev–Trinajstić information content (AvgIpc) is 3.18. The van der Waals surface area contributed by atoms with Crippen molar-refractivity contribution in [1.82, 2.24) is 10.6 Å². The van der Waals surface area contributed by atoms with Crippen LogP contribution in [0.25, 0.3) is 0 Å². The van der Waals surface area contributed by atoms with Crippen LogP contribution in [0.5, 0.6) is 0 Å². The third-order valence-corrected chi connectivity index (χ3v) is 6.68. The maximum absolute atomic E-state index is 12.7. The summed E-state index contributed by atoms with van der Waals surface area (Å²) in [5, 5.41) is 28.0. The Morgan fingerprint density at radius 1 is 0.724 bits per heavy atom. The minimum absolute atomic E-state index is 0.300. The van der Waals surface area contributed by atoms with Gasteiger partial charge in [0.15, 0.2) is 0 Å². The van der Waals surface area contributed by atoms with Crippen molar-refractivity contribution in [1.29, 1.82) is 0 Å². The molecule has 6 nitrogen and oxygen atoms in total. The van der Waals surface area contributed by atoms with Gasteiger partial charge in [-0.2, -0.15) is 0 Å². The van der Waals surface area contributed by atoms with Gasteiger partial charge in [-0.3, -0.25) is 9.59 Å². The van der Waals surface area contributed by atoms with Crippen LogP contribution in [0, 0.1) is 10.8 Å². The summed E-state index contributed by atoms with van der Waals surface area (Å²) in [6, 6.07) is -0.814. The Balaban J connectivity index is 2.04. The summed E-state index contributed by atoms with van der Waals surface area (Å²) < 4.78 is 0. The highest BCUT2D eigenvalue weighted by Gasteiger charge is 2.47. The fourth-order valence-corrected chi connectivity index (χ4v) is 5.44. The first-order valence-electron chi connectivity index (χ1n) is 11.2. The van der Waals surface area contributed by atoms with Gasteiger partial charge in [-0.05, 0) is 36.5 Å². The molecule has 0 aromatic carbocycles. The van der Waals surface area contributed by atoms with Crippen molar-refractivity contribution in [3.63, 3.8) is 0 Å². The van der Waals surface area contributed by atoms with Gasteiger partial charge < -0.3 is 20.8 Å². The molecule has 0 heterocycles. The molecule has 168 valence electrons. The predicted molar refractivity (Wildman–Crippen MR) is 114 cm³/mol. The number of amides is 2. The lowest BCUT2D eigenvalue weighted by Gasteiger charge is -2.42. The minimum Gasteiger partial charge on any atom is -0.388 e. The summed E-state index contributed by atoms with van der Waals surface area (Å²) in [5.41, 5.74) is -2.48. The molecule has 0 saturated heterocycles. The molecule has 0 bridgehead atoms. The molecule has 2 aliphatic carbocycles. The largest absolute Gasteiger partial charge is 0.388 e. The van der Waals surface area contributed by atoms with E-state index in [-0.39, 0.29) is 29.1 Å². The van der Waals surface area contributed by atoms with Crippen LogP contribution in [0.15, 0.2) is 0 Å². The van der Waals surface area contributed by atoms with Crippen molar-refractivity contribution in [2.75, 3.05) is 0 Å². The normalized spacial score (nSPS) is 23.4. The molecule has 2 rings (SSSR count). The maximum Gasteiger partial charge on any atom is 0.229 e. The van der Waals surface area contributed by atoms with Crippen LogP contribution in [-0.4, -0.2) is 45.3 Å². The summed E-state index contributed by atoms with van der Waals surface area (Å²) in [4.78, 5) is 25.4. The summed E-state index contributed by atoms with van der Waals surface area (Å²) >= 11 is 0. The molecule has 0 spiro atoms. The lowest BCUT2D eigenvalue weighted by atomic mass is 9.75. The highest BCUT2D eigenvalue weighted by molar-refractivity contribution is 5.97. The molecule has 0 aliphatic heterocycles. The van der Waals surface area contributed by atoms with E-state index in [2.05, 4.69) is 10.6 Å². The van der Waals surface area contributed by atoms with Crippen molar-refractivity contribution in [3.8, 4) is 0 Å². The lowest BCUT2D eigenvalue weighted by molar-refractivity contribution is -0.135. The summed E-state index contributed by atoms with van der Waals surface area (Å²) in [6.45, 7) is 12.0. The van der Waals surface area contributed by atoms with E-state index in [0.717, 1.165) is 25.7 Å². The number of hydrogen-bond donors (Lipinski definition) is 4. The maximum atomic E-state index is 12.7. The minimum atomic E-state index is -0.919. The van der Waals surface area contributed by atoms with Gasteiger partial charge in [-0.1, -0.05) is 67.2 Å². The van der Waals surface area contributed by atoms with Crippen LogP contribution in [0.4, 0.5) is 0 Å². The lowest BCUT2D eigenvalue weighted by Crippen LogP contribution is -2.60. The molecule has 2 amide bonds. The number of carbonyl (C=O) groups excluding carboxylic acids is 2. The molecular formula is C23H42N2O4. The van der Waals surface area contributed by atoms with E-state index in [1.807, 2.05) is 41.5 Å². The van der Waals surface area contributed by atoms with Crippen molar-refractivity contribution in [3.05, 3.63) is 0 Å². The first-order chi connectivity index (χ1) is 13.2. The number of carbonyl (C=O) groups is 2. The van der Waals surface area contributed by atoms with Crippen molar-refractivity contribution < 1.29 is 19.8 Å². The average molecular weight is 411 g/mol. The van der Waals surface area contributed by atoms with E-state index in [9.17, 15) is 19.8 Å². The van der Waals surface area contributed by atoms with Gasteiger partial charge >= 0.3 is 0 Å². The second kappa shape index (κ2) is 8.54. The van der Waals surface area contributed by atoms with Crippen LogP contribution >= 0.6 is 0 Å². The van der Waals surface area contributed by atoms with Crippen LogP contribution in [-0.2, 0) is 9.59 Å². The van der Waals surface area contributed by atoms with Crippen LogP contribution in [0.1, 0.15) is 99.3 Å². The molecule has 6 heteroatoms. The zero-order valence-corrected chi connectivity index (χ0v) is 19.2. The number of aliphatic hydroxyl groups is 2. The number of hydrogen-bond acceptors (Lipinski definition) is 4. The van der Waals surface area contributed by atoms with Gasteiger partial charge in [0, 0.05) is 0 Å². The van der Waals surface area contributed by atoms with Gasteiger partial charge in [0.2, 0.25) is 11.8 Å². The van der Waals surface area contributed by atoms with E-state index in [1.165, 1.54) is 0 Å². The van der Waals surface area contributed by atoms with E-state index in [0.29, 0.717) is 25.7 Å². The van der Waals surface area contributed by atoms with Crippen LogP contribution < -0.4 is 10.6 Å². The van der Waals surface area contributed by atoms with Gasteiger partial charge in [0.1, 0.15) is 6.42 Å². The molecule has 2 atom stereocenters. The predicted octanol–water partition coefficient (Wildman–Crippen LogP) is 3.05. The molecule has 2 saturated carbocycles. The molecule has 0 unspecified atom stereocenters. The monoisotopic (exact) mass is 410 g/mol.